The van der Waals surface area contributed by atoms with Crippen LogP contribution in [0.5, 0.6) is 0 Å². The molecule has 2 aromatic rings. The van der Waals surface area contributed by atoms with Crippen molar-refractivity contribution in [2.45, 2.75) is 68.7 Å². The first kappa shape index (κ1) is 34.7. The van der Waals surface area contributed by atoms with Gasteiger partial charge in [0.25, 0.3) is 0 Å². The molecule has 0 radical (unpaired) electrons. The van der Waals surface area contributed by atoms with Crippen LogP contribution in [0.4, 0.5) is 0 Å². The molecule has 1 aliphatic rings. The van der Waals surface area contributed by atoms with Crippen molar-refractivity contribution in [3.63, 3.8) is 0 Å². The maximum absolute atomic E-state index is 13.6. The van der Waals surface area contributed by atoms with Crippen LogP contribution in [0.2, 0.25) is 0 Å². The average molecular weight is 625 g/mol. The molecule has 3 rings (SSSR count). The number of amides is 5. The molecular formula is C31H40N6O8. The van der Waals surface area contributed by atoms with Crippen LogP contribution in [0.3, 0.4) is 0 Å². The summed E-state index contributed by atoms with van der Waals surface area (Å²) in [5, 5.41) is 26.8. The molecule has 2 aromatic carbocycles. The number of rotatable bonds is 16. The number of carboxylic acid groups (broad SMARTS) is 1. The second-order valence-corrected chi connectivity index (χ2v) is 10.9. The number of likely N-dealkylation sites (tertiary alicyclic amines) is 1. The predicted molar refractivity (Wildman–Crippen MR) is 162 cm³/mol. The van der Waals surface area contributed by atoms with Gasteiger partial charge < -0.3 is 42.5 Å². The van der Waals surface area contributed by atoms with Crippen molar-refractivity contribution in [2.24, 2.45) is 11.5 Å². The molecule has 14 heteroatoms. The van der Waals surface area contributed by atoms with Gasteiger partial charge in [0.15, 0.2) is 0 Å². The Morgan fingerprint density at radius 3 is 1.96 bits per heavy atom. The SMILES string of the molecule is NC(=O)CC[C@H](NC(=O)[C@@H](N)Cc1ccccc1)C(=O)N1CCC[C@H]1C(=O)N[C@@H](CO)C(=O)N[C@@H](Cc1ccccc1)C(=O)O. The second-order valence-electron chi connectivity index (χ2n) is 10.9. The Bertz CT molecular complexity index is 1340. The normalized spacial score (nSPS) is 16.9. The van der Waals surface area contributed by atoms with Gasteiger partial charge in [-0.05, 0) is 36.8 Å². The number of benzene rings is 2. The van der Waals surface area contributed by atoms with Crippen LogP contribution in [0.25, 0.3) is 0 Å². The molecular weight excluding hydrogens is 584 g/mol. The number of hydrogen-bond donors (Lipinski definition) is 7. The molecule has 0 spiro atoms. The maximum Gasteiger partial charge on any atom is 0.326 e. The molecule has 1 saturated heterocycles. The number of nitrogens with zero attached hydrogens (tertiary/aromatic N) is 1. The largest absolute Gasteiger partial charge is 0.480 e. The molecule has 242 valence electrons. The number of nitrogens with one attached hydrogen (secondary N) is 3. The van der Waals surface area contributed by atoms with Gasteiger partial charge in [0.05, 0.1) is 12.6 Å². The fourth-order valence-corrected chi connectivity index (χ4v) is 5.07. The number of nitrogens with two attached hydrogens (primary N) is 2. The Labute approximate surface area is 260 Å². The topological polar surface area (TPSA) is 234 Å². The number of aliphatic hydroxyl groups excluding tert-OH is 1. The van der Waals surface area contributed by atoms with Crippen molar-refractivity contribution >= 4 is 35.5 Å². The fraction of sp³-hybridized carbons (Fsp3) is 0.419. The summed E-state index contributed by atoms with van der Waals surface area (Å²) >= 11 is 0. The van der Waals surface area contributed by atoms with E-state index in [4.69, 9.17) is 11.5 Å². The highest BCUT2D eigenvalue weighted by Gasteiger charge is 2.39. The Kier molecular flexibility index (Phi) is 13.0. The number of hydrogen-bond acceptors (Lipinski definition) is 8. The Morgan fingerprint density at radius 1 is 0.822 bits per heavy atom. The monoisotopic (exact) mass is 624 g/mol. The van der Waals surface area contributed by atoms with Crippen LogP contribution in [0.1, 0.15) is 36.8 Å². The minimum Gasteiger partial charge on any atom is -0.480 e. The first-order valence-corrected chi connectivity index (χ1v) is 14.7. The van der Waals surface area contributed by atoms with Gasteiger partial charge in [-0.15, -0.1) is 0 Å². The van der Waals surface area contributed by atoms with Crippen molar-refractivity contribution < 1.29 is 39.0 Å². The van der Waals surface area contributed by atoms with E-state index in [-0.39, 0.29) is 38.6 Å². The summed E-state index contributed by atoms with van der Waals surface area (Å²) < 4.78 is 0. The zero-order valence-corrected chi connectivity index (χ0v) is 24.8. The molecule has 1 aliphatic heterocycles. The highest BCUT2D eigenvalue weighted by molar-refractivity contribution is 5.96. The van der Waals surface area contributed by atoms with Gasteiger partial charge in [0.1, 0.15) is 24.2 Å². The first-order valence-electron chi connectivity index (χ1n) is 14.7. The quantitative estimate of drug-likeness (QED) is 0.116. The van der Waals surface area contributed by atoms with Gasteiger partial charge in [0, 0.05) is 19.4 Å². The number of carboxylic acids is 1. The fourth-order valence-electron chi connectivity index (χ4n) is 5.07. The summed E-state index contributed by atoms with van der Waals surface area (Å²) in [6.45, 7) is -0.670. The van der Waals surface area contributed by atoms with Crippen molar-refractivity contribution in [3.8, 4) is 0 Å². The van der Waals surface area contributed by atoms with Gasteiger partial charge in [0.2, 0.25) is 29.5 Å². The summed E-state index contributed by atoms with van der Waals surface area (Å²) in [6.07, 6.45) is 0.510. The lowest BCUT2D eigenvalue weighted by molar-refractivity contribution is -0.144. The van der Waals surface area contributed by atoms with Gasteiger partial charge in [-0.25, -0.2) is 4.79 Å². The van der Waals surface area contributed by atoms with E-state index in [9.17, 15) is 39.0 Å². The summed E-state index contributed by atoms with van der Waals surface area (Å²) in [4.78, 5) is 77.3. The molecule has 0 unspecified atom stereocenters. The summed E-state index contributed by atoms with van der Waals surface area (Å²) in [6, 6.07) is 11.6. The van der Waals surface area contributed by atoms with E-state index in [2.05, 4.69) is 16.0 Å². The Hall–Kier alpha value is -4.82. The van der Waals surface area contributed by atoms with Gasteiger partial charge in [-0.1, -0.05) is 60.7 Å². The lowest BCUT2D eigenvalue weighted by atomic mass is 10.0. The molecule has 0 saturated carbocycles. The number of carbonyl (C=O) groups excluding carboxylic acids is 5. The average Bonchev–Trinajstić information content (AvgIpc) is 3.52. The predicted octanol–water partition coefficient (Wildman–Crippen LogP) is -1.41. The van der Waals surface area contributed by atoms with Crippen molar-refractivity contribution in [1.29, 1.82) is 0 Å². The second kappa shape index (κ2) is 16.9. The van der Waals surface area contributed by atoms with E-state index in [1.54, 1.807) is 54.6 Å². The maximum atomic E-state index is 13.6. The molecule has 0 aromatic heterocycles. The molecule has 5 amide bonds. The van der Waals surface area contributed by atoms with Crippen LogP contribution in [0, 0.1) is 0 Å². The zero-order chi connectivity index (χ0) is 32.9. The van der Waals surface area contributed by atoms with Crippen LogP contribution in [-0.2, 0) is 41.6 Å². The minimum absolute atomic E-state index is 0.0215. The first-order chi connectivity index (χ1) is 21.5. The highest BCUT2D eigenvalue weighted by Crippen LogP contribution is 2.20. The third kappa shape index (κ3) is 10.4. The Balaban J connectivity index is 1.66. The summed E-state index contributed by atoms with van der Waals surface area (Å²) in [5.41, 5.74) is 12.9. The molecule has 0 aliphatic carbocycles. The van der Waals surface area contributed by atoms with Gasteiger partial charge >= 0.3 is 5.97 Å². The smallest absolute Gasteiger partial charge is 0.326 e. The lowest BCUT2D eigenvalue weighted by Crippen LogP contribution is -2.59. The van der Waals surface area contributed by atoms with Crippen LogP contribution >= 0.6 is 0 Å². The van der Waals surface area contributed by atoms with E-state index >= 15 is 0 Å². The minimum atomic E-state index is -1.49. The highest BCUT2D eigenvalue weighted by atomic mass is 16.4. The Morgan fingerprint density at radius 2 is 1.40 bits per heavy atom. The van der Waals surface area contributed by atoms with Crippen LogP contribution < -0.4 is 27.4 Å². The molecule has 0 bridgehead atoms. The molecule has 9 N–H and O–H groups in total. The summed E-state index contributed by atoms with van der Waals surface area (Å²) in [5.74, 6) is -4.89. The van der Waals surface area contributed by atoms with E-state index in [0.29, 0.717) is 12.0 Å². The van der Waals surface area contributed by atoms with E-state index in [1.807, 2.05) is 6.07 Å². The van der Waals surface area contributed by atoms with Crippen LogP contribution in [-0.4, -0.2) is 94.0 Å². The zero-order valence-electron chi connectivity index (χ0n) is 24.8. The van der Waals surface area contributed by atoms with Crippen molar-refractivity contribution in [2.75, 3.05) is 13.2 Å². The molecule has 5 atom stereocenters. The number of aliphatic hydroxyl groups is 1. The molecule has 1 fully saturated rings. The van der Waals surface area contributed by atoms with E-state index in [1.165, 1.54) is 4.90 Å². The third-order valence-electron chi connectivity index (χ3n) is 7.48. The van der Waals surface area contributed by atoms with Crippen molar-refractivity contribution in [1.82, 2.24) is 20.9 Å². The van der Waals surface area contributed by atoms with Crippen molar-refractivity contribution in [3.05, 3.63) is 71.8 Å². The third-order valence-corrected chi connectivity index (χ3v) is 7.48. The molecule has 1 heterocycles. The number of aliphatic carboxylic acids is 1. The molecule has 45 heavy (non-hydrogen) atoms. The standard InChI is InChI=1S/C31H40N6O8/c32-21(16-19-8-3-1-4-9-19)27(40)34-22(13-14-26(33)39)30(43)37-15-7-12-25(37)29(42)36-24(18-38)28(41)35-23(31(44)45)17-20-10-5-2-6-11-20/h1-6,8-11,21-25,38H,7,12-18,32H2,(H2,33,39)(H,34,40)(H,35,41)(H,36,42)(H,44,45)/t21-,22-,23-,24-,25-/m0/s1. The molecule has 14 nitrogen and oxygen atoms in total. The van der Waals surface area contributed by atoms with Gasteiger partial charge in [-0.3, -0.25) is 24.0 Å². The van der Waals surface area contributed by atoms with Crippen LogP contribution in [0.15, 0.2) is 60.7 Å². The lowest BCUT2D eigenvalue weighted by Gasteiger charge is -2.30. The number of primary amides is 1. The van der Waals surface area contributed by atoms with E-state index in [0.717, 1.165) is 5.56 Å². The van der Waals surface area contributed by atoms with Gasteiger partial charge in [-0.2, -0.15) is 0 Å². The van der Waals surface area contributed by atoms with E-state index < -0.39 is 72.3 Å². The number of carbonyl (C=O) groups is 6. The summed E-state index contributed by atoms with van der Waals surface area (Å²) in [7, 11) is 0.